The number of halogens is 1. The zero-order valence-corrected chi connectivity index (χ0v) is 16.6. The minimum absolute atomic E-state index is 0.0494. The van der Waals surface area contributed by atoms with E-state index in [4.69, 9.17) is 20.8 Å². The van der Waals surface area contributed by atoms with Gasteiger partial charge in [-0.15, -0.1) is 10.2 Å². The number of rotatable bonds is 8. The number of thioether (sulfide) groups is 1. The van der Waals surface area contributed by atoms with Crippen LogP contribution in [0.3, 0.4) is 0 Å². The van der Waals surface area contributed by atoms with Crippen molar-refractivity contribution in [1.29, 1.82) is 0 Å². The molecule has 0 aliphatic carbocycles. The molecule has 144 valence electrons. The summed E-state index contributed by atoms with van der Waals surface area (Å²) in [4.78, 5) is 24.0. The summed E-state index contributed by atoms with van der Waals surface area (Å²) < 4.78 is 10.5. The molecule has 0 N–H and O–H groups in total. The van der Waals surface area contributed by atoms with Crippen molar-refractivity contribution in [2.75, 3.05) is 12.4 Å². The third-order valence-electron chi connectivity index (χ3n) is 3.87. The van der Waals surface area contributed by atoms with Crippen LogP contribution in [0.1, 0.15) is 22.8 Å². The summed E-state index contributed by atoms with van der Waals surface area (Å²) in [5, 5.41) is 8.51. The lowest BCUT2D eigenvalue weighted by Gasteiger charge is -2.04. The number of aryl methyl sites for hydroxylation is 1. The number of hydrogen-bond donors (Lipinski definition) is 0. The maximum Gasteiger partial charge on any atom is 0.316 e. The summed E-state index contributed by atoms with van der Waals surface area (Å²) in [6.07, 6.45) is 0.897. The van der Waals surface area contributed by atoms with Crippen LogP contribution in [0.4, 0.5) is 0 Å². The summed E-state index contributed by atoms with van der Waals surface area (Å²) in [5.74, 6) is -0.570. The maximum absolute atomic E-state index is 12.1. The molecule has 28 heavy (non-hydrogen) atoms. The summed E-state index contributed by atoms with van der Waals surface area (Å²) in [6, 6.07) is 14.3. The lowest BCUT2D eigenvalue weighted by Crippen LogP contribution is -2.15. The normalized spacial score (nSPS) is 10.6. The molecule has 0 amide bonds. The van der Waals surface area contributed by atoms with Gasteiger partial charge in [0.05, 0.1) is 10.6 Å². The van der Waals surface area contributed by atoms with E-state index in [0.717, 1.165) is 23.7 Å². The number of aromatic nitrogens is 2. The van der Waals surface area contributed by atoms with Gasteiger partial charge < -0.3 is 9.15 Å². The van der Waals surface area contributed by atoms with Crippen molar-refractivity contribution in [1.82, 2.24) is 10.2 Å². The number of Topliss-reactive ketones (excluding diaryl/α,β-unsaturated/α-hetero) is 1. The number of esters is 1. The molecule has 0 aliphatic rings. The van der Waals surface area contributed by atoms with Crippen molar-refractivity contribution in [3.05, 3.63) is 64.7 Å². The van der Waals surface area contributed by atoms with Gasteiger partial charge in [-0.25, -0.2) is 0 Å². The van der Waals surface area contributed by atoms with Crippen LogP contribution >= 0.6 is 23.4 Å². The Bertz CT molecular complexity index is 972. The van der Waals surface area contributed by atoms with Crippen LogP contribution in [0, 0.1) is 0 Å². The molecule has 0 unspecified atom stereocenters. The third-order valence-corrected chi connectivity index (χ3v) is 4.99. The highest BCUT2D eigenvalue weighted by molar-refractivity contribution is 7.99. The van der Waals surface area contributed by atoms with Gasteiger partial charge in [-0.3, -0.25) is 9.59 Å². The second kappa shape index (κ2) is 9.52. The van der Waals surface area contributed by atoms with Gasteiger partial charge in [-0.05, 0) is 24.1 Å². The molecule has 3 aromatic rings. The van der Waals surface area contributed by atoms with Crippen LogP contribution in [0.5, 0.6) is 0 Å². The van der Waals surface area contributed by atoms with E-state index in [2.05, 4.69) is 10.2 Å². The Balaban J connectivity index is 1.48. The number of nitrogens with zero attached hydrogens (tertiary/aromatic N) is 2. The first kappa shape index (κ1) is 20.1. The predicted molar refractivity (Wildman–Crippen MR) is 107 cm³/mol. The fraction of sp³-hybridized carbons (Fsp3) is 0.200. The summed E-state index contributed by atoms with van der Waals surface area (Å²) in [7, 11) is 0. The molecule has 2 aromatic carbocycles. The Morgan fingerprint density at radius 2 is 1.86 bits per heavy atom. The predicted octanol–water partition coefficient (Wildman–Crippen LogP) is 4.47. The number of ketones is 1. The fourth-order valence-electron chi connectivity index (χ4n) is 2.33. The number of carbonyl (C=O) groups is 2. The molecule has 3 rings (SSSR count). The van der Waals surface area contributed by atoms with Gasteiger partial charge in [0.25, 0.3) is 5.22 Å². The van der Waals surface area contributed by atoms with Gasteiger partial charge in [0.1, 0.15) is 5.75 Å². The second-order valence-electron chi connectivity index (χ2n) is 5.78. The highest BCUT2D eigenvalue weighted by Crippen LogP contribution is 2.28. The van der Waals surface area contributed by atoms with Gasteiger partial charge in [0.2, 0.25) is 5.89 Å². The molecule has 0 bridgehead atoms. The smallest absolute Gasteiger partial charge is 0.316 e. The molecule has 1 aromatic heterocycles. The zero-order valence-electron chi connectivity index (χ0n) is 15.1. The van der Waals surface area contributed by atoms with Crippen LogP contribution in [-0.4, -0.2) is 34.3 Å². The van der Waals surface area contributed by atoms with E-state index < -0.39 is 5.97 Å². The van der Waals surface area contributed by atoms with Gasteiger partial charge in [-0.2, -0.15) is 0 Å². The van der Waals surface area contributed by atoms with Crippen LogP contribution in [-0.2, 0) is 16.0 Å². The molecular formula is C20H17ClN2O4S. The largest absolute Gasteiger partial charge is 0.457 e. The molecular weight excluding hydrogens is 400 g/mol. The standard InChI is InChI=1S/C20H17ClN2O4S/c1-2-13-7-9-14(10-8-13)17(24)11-26-18(25)12-28-20-23-22-19(27-20)15-5-3-4-6-16(15)21/h3-10H,2,11-12H2,1H3. The topological polar surface area (TPSA) is 82.3 Å². The molecule has 0 fully saturated rings. The molecule has 8 heteroatoms. The number of benzene rings is 2. The number of carbonyl (C=O) groups excluding carboxylic acids is 2. The summed E-state index contributed by atoms with van der Waals surface area (Å²) >= 11 is 7.13. The van der Waals surface area contributed by atoms with Crippen LogP contribution in [0.2, 0.25) is 5.02 Å². The van der Waals surface area contributed by atoms with Crippen molar-refractivity contribution >= 4 is 35.1 Å². The van der Waals surface area contributed by atoms with E-state index >= 15 is 0 Å². The number of ether oxygens (including phenoxy) is 1. The first-order valence-electron chi connectivity index (χ1n) is 8.55. The van der Waals surface area contributed by atoms with Gasteiger partial charge >= 0.3 is 5.97 Å². The Morgan fingerprint density at radius 1 is 1.11 bits per heavy atom. The lowest BCUT2D eigenvalue weighted by atomic mass is 10.1. The van der Waals surface area contributed by atoms with E-state index in [1.807, 2.05) is 25.1 Å². The lowest BCUT2D eigenvalue weighted by molar-refractivity contribution is -0.139. The van der Waals surface area contributed by atoms with Crippen LogP contribution in [0.25, 0.3) is 11.5 Å². The molecule has 0 saturated heterocycles. The van der Waals surface area contributed by atoms with Crippen molar-refractivity contribution < 1.29 is 18.7 Å². The Hall–Kier alpha value is -2.64. The van der Waals surface area contributed by atoms with E-state index in [9.17, 15) is 9.59 Å². The van der Waals surface area contributed by atoms with Crippen molar-refractivity contribution in [2.24, 2.45) is 0 Å². The zero-order chi connectivity index (χ0) is 19.9. The van der Waals surface area contributed by atoms with Gasteiger partial charge in [0, 0.05) is 5.56 Å². The fourth-order valence-corrected chi connectivity index (χ4v) is 3.11. The molecule has 0 spiro atoms. The Morgan fingerprint density at radius 3 is 2.57 bits per heavy atom. The van der Waals surface area contributed by atoms with Crippen molar-refractivity contribution in [3.8, 4) is 11.5 Å². The average molecular weight is 417 g/mol. The number of hydrogen-bond acceptors (Lipinski definition) is 7. The molecule has 0 aliphatic heterocycles. The highest BCUT2D eigenvalue weighted by Gasteiger charge is 2.15. The van der Waals surface area contributed by atoms with E-state index in [1.165, 1.54) is 0 Å². The van der Waals surface area contributed by atoms with E-state index in [0.29, 0.717) is 16.1 Å². The Labute approximate surface area is 171 Å². The van der Waals surface area contributed by atoms with Gasteiger partial charge in [-0.1, -0.05) is 66.7 Å². The molecule has 1 heterocycles. The maximum atomic E-state index is 12.1. The minimum atomic E-state index is -0.541. The molecule has 6 nitrogen and oxygen atoms in total. The van der Waals surface area contributed by atoms with Crippen molar-refractivity contribution in [3.63, 3.8) is 0 Å². The summed E-state index contributed by atoms with van der Waals surface area (Å²) in [5.41, 5.74) is 2.27. The second-order valence-corrected chi connectivity index (χ2v) is 7.11. The average Bonchev–Trinajstić information content (AvgIpc) is 3.19. The molecule has 0 atom stereocenters. The summed E-state index contributed by atoms with van der Waals surface area (Å²) in [6.45, 7) is 1.73. The first-order valence-corrected chi connectivity index (χ1v) is 9.92. The Kier molecular flexibility index (Phi) is 6.84. The molecule has 0 radical (unpaired) electrons. The first-order chi connectivity index (χ1) is 13.6. The van der Waals surface area contributed by atoms with E-state index in [-0.39, 0.29) is 29.3 Å². The van der Waals surface area contributed by atoms with Crippen LogP contribution in [0.15, 0.2) is 58.2 Å². The minimum Gasteiger partial charge on any atom is -0.457 e. The highest BCUT2D eigenvalue weighted by atomic mass is 35.5. The van der Waals surface area contributed by atoms with Gasteiger partial charge in [0.15, 0.2) is 12.4 Å². The quantitative estimate of drug-likeness (QED) is 0.304. The van der Waals surface area contributed by atoms with Crippen molar-refractivity contribution in [2.45, 2.75) is 18.6 Å². The third kappa shape index (κ3) is 5.21. The van der Waals surface area contributed by atoms with E-state index in [1.54, 1.807) is 30.3 Å². The molecule has 0 saturated carbocycles. The monoisotopic (exact) mass is 416 g/mol. The van der Waals surface area contributed by atoms with Crippen LogP contribution < -0.4 is 0 Å². The SMILES string of the molecule is CCc1ccc(C(=O)COC(=O)CSc2nnc(-c3ccccc3Cl)o2)cc1.